The lowest BCUT2D eigenvalue weighted by atomic mass is 10.1. The molecule has 0 fully saturated rings. The van der Waals surface area contributed by atoms with Crippen molar-refractivity contribution >= 4 is 50.7 Å². The molecular formula is C30H35Cl2N3O4S. The van der Waals surface area contributed by atoms with Crippen molar-refractivity contribution in [2.24, 2.45) is 0 Å². The lowest BCUT2D eigenvalue weighted by Crippen LogP contribution is -2.53. The minimum atomic E-state index is -4.19. The van der Waals surface area contributed by atoms with Gasteiger partial charge in [-0.2, -0.15) is 0 Å². The van der Waals surface area contributed by atoms with Gasteiger partial charge in [-0.05, 0) is 62.6 Å². The third-order valence-corrected chi connectivity index (χ3v) is 9.19. The van der Waals surface area contributed by atoms with E-state index in [1.54, 1.807) is 12.1 Å². The number of anilines is 1. The van der Waals surface area contributed by atoms with Crippen LogP contribution in [-0.2, 0) is 26.2 Å². The molecule has 0 aliphatic heterocycles. The summed E-state index contributed by atoms with van der Waals surface area (Å²) in [5.74, 6) is -0.819. The first-order valence-electron chi connectivity index (χ1n) is 13.2. The van der Waals surface area contributed by atoms with Crippen LogP contribution in [0.3, 0.4) is 0 Å². The molecule has 0 saturated carbocycles. The highest BCUT2D eigenvalue weighted by atomic mass is 35.5. The summed E-state index contributed by atoms with van der Waals surface area (Å²) in [6, 6.07) is 19.2. The Hall–Kier alpha value is -3.07. The Bertz CT molecular complexity index is 1420. The number of benzene rings is 3. The van der Waals surface area contributed by atoms with E-state index in [0.717, 1.165) is 21.9 Å². The summed E-state index contributed by atoms with van der Waals surface area (Å²) in [6.07, 6.45) is 1.08. The fourth-order valence-electron chi connectivity index (χ4n) is 4.15. The number of nitrogens with one attached hydrogen (secondary N) is 1. The monoisotopic (exact) mass is 603 g/mol. The Labute approximate surface area is 247 Å². The van der Waals surface area contributed by atoms with Gasteiger partial charge in [-0.15, -0.1) is 0 Å². The Morgan fingerprint density at radius 3 is 2.12 bits per heavy atom. The van der Waals surface area contributed by atoms with Crippen molar-refractivity contribution < 1.29 is 18.0 Å². The maximum absolute atomic E-state index is 14.1. The van der Waals surface area contributed by atoms with Crippen LogP contribution in [0.1, 0.15) is 44.7 Å². The Balaban J connectivity index is 2.07. The molecule has 3 rings (SSSR count). The molecule has 3 aromatic carbocycles. The quantitative estimate of drug-likeness (QED) is 0.266. The van der Waals surface area contributed by atoms with Crippen LogP contribution in [-0.4, -0.2) is 43.8 Å². The average molecular weight is 605 g/mol. The number of sulfonamides is 1. The first-order chi connectivity index (χ1) is 19.0. The minimum absolute atomic E-state index is 0.0214. The van der Waals surface area contributed by atoms with Crippen molar-refractivity contribution in [3.63, 3.8) is 0 Å². The zero-order valence-corrected chi connectivity index (χ0v) is 25.4. The van der Waals surface area contributed by atoms with E-state index in [9.17, 15) is 18.0 Å². The molecule has 0 saturated heterocycles. The van der Waals surface area contributed by atoms with Crippen molar-refractivity contribution in [1.82, 2.24) is 10.2 Å². The molecule has 0 aromatic heterocycles. The molecule has 0 spiro atoms. The first kappa shape index (κ1) is 31.5. The maximum atomic E-state index is 14.1. The molecule has 0 radical (unpaired) electrons. The Kier molecular flexibility index (Phi) is 11.0. The molecule has 0 bridgehead atoms. The van der Waals surface area contributed by atoms with E-state index in [1.165, 1.54) is 35.2 Å². The number of halogens is 2. The van der Waals surface area contributed by atoms with Crippen LogP contribution >= 0.6 is 23.2 Å². The molecule has 1 N–H and O–H groups in total. The van der Waals surface area contributed by atoms with Crippen LogP contribution in [0.4, 0.5) is 5.69 Å². The van der Waals surface area contributed by atoms with Crippen LogP contribution in [0.15, 0.2) is 77.7 Å². The third-order valence-electron chi connectivity index (χ3n) is 6.66. The van der Waals surface area contributed by atoms with Gasteiger partial charge in [-0.3, -0.25) is 13.9 Å². The molecule has 40 heavy (non-hydrogen) atoms. The van der Waals surface area contributed by atoms with Gasteiger partial charge >= 0.3 is 0 Å². The number of rotatable bonds is 12. The van der Waals surface area contributed by atoms with Crippen LogP contribution < -0.4 is 9.62 Å². The molecule has 3 aromatic rings. The van der Waals surface area contributed by atoms with E-state index in [2.05, 4.69) is 5.32 Å². The zero-order valence-electron chi connectivity index (χ0n) is 23.1. The van der Waals surface area contributed by atoms with Gasteiger partial charge in [-0.1, -0.05) is 85.1 Å². The summed E-state index contributed by atoms with van der Waals surface area (Å²) >= 11 is 12.4. The van der Waals surface area contributed by atoms with Crippen molar-refractivity contribution in [2.45, 2.75) is 64.1 Å². The molecule has 0 unspecified atom stereocenters. The lowest BCUT2D eigenvalue weighted by molar-refractivity contribution is -0.140. The highest BCUT2D eigenvalue weighted by Gasteiger charge is 2.34. The fraction of sp³-hybridized carbons (Fsp3) is 0.333. The third kappa shape index (κ3) is 7.77. The van der Waals surface area contributed by atoms with Crippen LogP contribution in [0.5, 0.6) is 0 Å². The summed E-state index contributed by atoms with van der Waals surface area (Å²) < 4.78 is 28.8. The Morgan fingerprint density at radius 2 is 1.55 bits per heavy atom. The molecule has 0 aliphatic carbocycles. The van der Waals surface area contributed by atoms with Crippen molar-refractivity contribution in [1.29, 1.82) is 0 Å². The zero-order chi connectivity index (χ0) is 29.4. The number of nitrogens with zero attached hydrogens (tertiary/aromatic N) is 2. The minimum Gasteiger partial charge on any atom is -0.352 e. The number of amides is 2. The summed E-state index contributed by atoms with van der Waals surface area (Å²) in [6.45, 7) is 7.12. The van der Waals surface area contributed by atoms with Gasteiger partial charge in [0.1, 0.15) is 12.6 Å². The second-order valence-electron chi connectivity index (χ2n) is 9.67. The fourth-order valence-corrected chi connectivity index (χ4v) is 5.85. The molecule has 0 heterocycles. The van der Waals surface area contributed by atoms with Gasteiger partial charge in [0.15, 0.2) is 0 Å². The molecule has 214 valence electrons. The van der Waals surface area contributed by atoms with Gasteiger partial charge in [0.05, 0.1) is 20.6 Å². The van der Waals surface area contributed by atoms with E-state index >= 15 is 0 Å². The van der Waals surface area contributed by atoms with Crippen LogP contribution in [0.2, 0.25) is 10.0 Å². The summed E-state index contributed by atoms with van der Waals surface area (Å²) in [5, 5.41) is 3.37. The van der Waals surface area contributed by atoms with E-state index in [4.69, 9.17) is 23.2 Å². The largest absolute Gasteiger partial charge is 0.352 e. The number of hydrogen-bond donors (Lipinski definition) is 1. The molecule has 10 heteroatoms. The highest BCUT2D eigenvalue weighted by Crippen LogP contribution is 2.31. The normalized spacial score (nSPS) is 12.8. The predicted molar refractivity (Wildman–Crippen MR) is 161 cm³/mol. The van der Waals surface area contributed by atoms with Crippen molar-refractivity contribution in [3.8, 4) is 0 Å². The van der Waals surface area contributed by atoms with E-state index in [0.29, 0.717) is 6.42 Å². The molecule has 2 atom stereocenters. The van der Waals surface area contributed by atoms with Crippen molar-refractivity contribution in [2.75, 3.05) is 10.8 Å². The van der Waals surface area contributed by atoms with Gasteiger partial charge in [0.2, 0.25) is 11.8 Å². The summed E-state index contributed by atoms with van der Waals surface area (Å²) in [4.78, 5) is 28.8. The van der Waals surface area contributed by atoms with Crippen molar-refractivity contribution in [3.05, 3.63) is 94.0 Å². The van der Waals surface area contributed by atoms with Crippen LogP contribution in [0, 0.1) is 6.92 Å². The molecule has 0 aliphatic rings. The second kappa shape index (κ2) is 14.0. The summed E-state index contributed by atoms with van der Waals surface area (Å²) in [5.41, 5.74) is 1.89. The number of aryl methyl sites for hydroxylation is 1. The topological polar surface area (TPSA) is 86.8 Å². The van der Waals surface area contributed by atoms with Gasteiger partial charge in [0.25, 0.3) is 10.0 Å². The Morgan fingerprint density at radius 1 is 0.900 bits per heavy atom. The number of carbonyl (C=O) groups is 2. The van der Waals surface area contributed by atoms with E-state index in [-0.39, 0.29) is 39.1 Å². The predicted octanol–water partition coefficient (Wildman–Crippen LogP) is 6.22. The molecular weight excluding hydrogens is 569 g/mol. The van der Waals surface area contributed by atoms with E-state index in [1.807, 2.05) is 58.0 Å². The van der Waals surface area contributed by atoms with Gasteiger partial charge in [0, 0.05) is 12.6 Å². The highest BCUT2D eigenvalue weighted by molar-refractivity contribution is 7.92. The summed E-state index contributed by atoms with van der Waals surface area (Å²) in [7, 11) is -4.19. The maximum Gasteiger partial charge on any atom is 0.264 e. The number of carbonyl (C=O) groups excluding carboxylic acids is 2. The van der Waals surface area contributed by atoms with Gasteiger partial charge in [-0.25, -0.2) is 8.42 Å². The first-order valence-corrected chi connectivity index (χ1v) is 15.4. The van der Waals surface area contributed by atoms with Gasteiger partial charge < -0.3 is 10.2 Å². The number of hydrogen-bond acceptors (Lipinski definition) is 4. The SMILES string of the molecule is CC[C@H](C(=O)N[C@@H](C)CC)N(Cc1ccccc1)C(=O)CN(c1ccc(Cl)c(Cl)c1)S(=O)(=O)c1ccc(C)cc1. The second-order valence-corrected chi connectivity index (χ2v) is 12.3. The van der Waals surface area contributed by atoms with Crippen LogP contribution in [0.25, 0.3) is 0 Å². The lowest BCUT2D eigenvalue weighted by Gasteiger charge is -2.33. The molecule has 7 nitrogen and oxygen atoms in total. The smallest absolute Gasteiger partial charge is 0.264 e. The average Bonchev–Trinajstić information content (AvgIpc) is 2.93. The molecule has 2 amide bonds. The van der Waals surface area contributed by atoms with E-state index < -0.39 is 28.5 Å². The standard InChI is InChI=1S/C30H35Cl2N3O4S/c1-5-22(4)33-30(37)28(6-2)34(19-23-10-8-7-9-11-23)29(36)20-35(24-14-17-26(31)27(32)18-24)40(38,39)25-15-12-21(3)13-16-25/h7-18,22,28H,5-6,19-20H2,1-4H3,(H,33,37)/t22-,28+/m0/s1.